The Morgan fingerprint density at radius 1 is 1.67 bits per heavy atom. The van der Waals surface area contributed by atoms with Gasteiger partial charge >= 0.3 is 5.97 Å². The average Bonchev–Trinajstić information content (AvgIpc) is 2.21. The summed E-state index contributed by atoms with van der Waals surface area (Å²) in [6, 6.07) is 0. The molecule has 1 atom stereocenters. The van der Waals surface area contributed by atoms with Crippen LogP contribution in [0.15, 0.2) is 0 Å². The molecule has 0 aromatic carbocycles. The van der Waals surface area contributed by atoms with E-state index in [2.05, 4.69) is 15.4 Å². The molecule has 0 radical (unpaired) electrons. The van der Waals surface area contributed by atoms with E-state index < -0.39 is 12.1 Å². The van der Waals surface area contributed by atoms with Crippen LogP contribution in [0.1, 0.15) is 6.42 Å². The molecule has 6 nitrogen and oxygen atoms in total. The molecule has 1 aliphatic heterocycles. The highest BCUT2D eigenvalue weighted by molar-refractivity contribution is 7.80. The summed E-state index contributed by atoms with van der Waals surface area (Å²) in [5.41, 5.74) is 0. The van der Waals surface area contributed by atoms with Crippen molar-refractivity contribution in [3.05, 3.63) is 0 Å². The van der Waals surface area contributed by atoms with E-state index >= 15 is 0 Å². The van der Waals surface area contributed by atoms with E-state index in [4.69, 9.17) is 12.2 Å². The maximum atomic E-state index is 10.9. The number of aliphatic hydroxyl groups excluding tert-OH is 1. The van der Waals surface area contributed by atoms with Crippen LogP contribution in [-0.4, -0.2) is 54.2 Å². The lowest BCUT2D eigenvalue weighted by Crippen LogP contribution is -2.55. The van der Waals surface area contributed by atoms with Crippen LogP contribution in [-0.2, 0) is 9.53 Å². The number of methoxy groups -OCH3 is 1. The van der Waals surface area contributed by atoms with Crippen molar-refractivity contribution in [3.8, 4) is 0 Å². The third-order valence-electron chi connectivity index (χ3n) is 2.03. The van der Waals surface area contributed by atoms with Gasteiger partial charge < -0.3 is 20.5 Å². The van der Waals surface area contributed by atoms with Gasteiger partial charge in [0.15, 0.2) is 5.11 Å². The number of ether oxygens (including phenoxy) is 1. The van der Waals surface area contributed by atoms with Crippen molar-refractivity contribution in [2.24, 2.45) is 0 Å². The maximum Gasteiger partial charge on any atom is 0.308 e. The lowest BCUT2D eigenvalue weighted by atomic mass is 10.2. The van der Waals surface area contributed by atoms with E-state index in [1.54, 1.807) is 0 Å². The number of rotatable bonds is 4. The maximum absolute atomic E-state index is 10.9. The largest absolute Gasteiger partial charge is 0.469 e. The summed E-state index contributed by atoms with van der Waals surface area (Å²) < 4.78 is 4.46. The van der Waals surface area contributed by atoms with E-state index in [9.17, 15) is 9.90 Å². The monoisotopic (exact) mass is 233 g/mol. The number of thiocarbonyl (C=S) groups is 1. The van der Waals surface area contributed by atoms with Gasteiger partial charge in [-0.05, 0) is 12.2 Å². The molecule has 0 saturated carbocycles. The molecule has 1 heterocycles. The van der Waals surface area contributed by atoms with Crippen molar-refractivity contribution in [2.75, 3.05) is 27.0 Å². The first-order valence-electron chi connectivity index (χ1n) is 4.60. The molecule has 86 valence electrons. The molecular weight excluding hydrogens is 218 g/mol. The van der Waals surface area contributed by atoms with Crippen molar-refractivity contribution in [2.45, 2.75) is 12.5 Å². The molecule has 0 spiro atoms. The molecule has 1 saturated heterocycles. The molecule has 0 bridgehead atoms. The smallest absolute Gasteiger partial charge is 0.308 e. The topological polar surface area (TPSA) is 73.8 Å². The van der Waals surface area contributed by atoms with Crippen molar-refractivity contribution in [3.63, 3.8) is 0 Å². The Balaban J connectivity index is 2.23. The Labute approximate surface area is 93.6 Å². The van der Waals surface area contributed by atoms with Crippen LogP contribution in [0.3, 0.4) is 0 Å². The van der Waals surface area contributed by atoms with Crippen molar-refractivity contribution in [1.29, 1.82) is 0 Å². The lowest BCUT2D eigenvalue weighted by molar-refractivity contribution is -0.143. The second kappa shape index (κ2) is 5.84. The minimum Gasteiger partial charge on any atom is -0.469 e. The molecule has 3 N–H and O–H groups in total. The summed E-state index contributed by atoms with van der Waals surface area (Å²) in [6.07, 6.45) is -0.704. The fourth-order valence-electron chi connectivity index (χ4n) is 1.25. The first-order valence-corrected chi connectivity index (χ1v) is 5.01. The van der Waals surface area contributed by atoms with Gasteiger partial charge in [-0.2, -0.15) is 0 Å². The molecule has 7 heteroatoms. The Morgan fingerprint density at radius 2 is 2.27 bits per heavy atom. The van der Waals surface area contributed by atoms with E-state index in [1.807, 2.05) is 4.90 Å². The number of hydrogen-bond donors (Lipinski definition) is 3. The van der Waals surface area contributed by atoms with Crippen LogP contribution >= 0.6 is 12.2 Å². The van der Waals surface area contributed by atoms with E-state index in [0.29, 0.717) is 25.0 Å². The molecule has 0 amide bonds. The molecule has 1 rings (SSSR count). The normalized spacial score (nSPS) is 18.9. The van der Waals surface area contributed by atoms with Gasteiger partial charge in [0.25, 0.3) is 0 Å². The first kappa shape index (κ1) is 12.2. The number of carbonyl (C=O) groups excluding carboxylic acids is 1. The van der Waals surface area contributed by atoms with Crippen LogP contribution in [0.5, 0.6) is 0 Å². The highest BCUT2D eigenvalue weighted by Gasteiger charge is 2.18. The van der Waals surface area contributed by atoms with Crippen LogP contribution in [0.4, 0.5) is 0 Å². The number of nitrogens with one attached hydrogen (secondary N) is 2. The predicted octanol–water partition coefficient (Wildman–Crippen LogP) is -1.39. The minimum atomic E-state index is -0.715. The Kier molecular flexibility index (Phi) is 4.73. The number of hydrogen-bond acceptors (Lipinski definition) is 5. The Morgan fingerprint density at radius 3 is 2.80 bits per heavy atom. The van der Waals surface area contributed by atoms with Crippen LogP contribution in [0, 0.1) is 0 Å². The SMILES string of the molecule is COC(=O)CC(O)CN1CNC(=S)NC1. The van der Waals surface area contributed by atoms with E-state index in [1.165, 1.54) is 7.11 Å². The van der Waals surface area contributed by atoms with Gasteiger partial charge in [-0.25, -0.2) is 0 Å². The number of carbonyl (C=O) groups is 1. The summed E-state index contributed by atoms with van der Waals surface area (Å²) in [7, 11) is 1.30. The highest BCUT2D eigenvalue weighted by Crippen LogP contribution is 1.98. The molecule has 0 aromatic rings. The number of esters is 1. The molecule has 1 fully saturated rings. The molecule has 1 aliphatic rings. The average molecular weight is 233 g/mol. The summed E-state index contributed by atoms with van der Waals surface area (Å²) in [5, 5.41) is 16.0. The fourth-order valence-corrected chi connectivity index (χ4v) is 1.38. The first-order chi connectivity index (χ1) is 7.11. The third-order valence-corrected chi connectivity index (χ3v) is 2.31. The van der Waals surface area contributed by atoms with E-state index in [-0.39, 0.29) is 6.42 Å². The summed E-state index contributed by atoms with van der Waals surface area (Å²) in [5.74, 6) is -0.407. The van der Waals surface area contributed by atoms with Gasteiger partial charge in [0.05, 0.1) is 33.0 Å². The molecule has 0 aromatic heterocycles. The quantitative estimate of drug-likeness (QED) is 0.407. The van der Waals surface area contributed by atoms with Crippen molar-refractivity contribution >= 4 is 23.3 Å². The van der Waals surface area contributed by atoms with Crippen molar-refractivity contribution in [1.82, 2.24) is 15.5 Å². The molecular formula is C8H15N3O3S. The van der Waals surface area contributed by atoms with Gasteiger partial charge in [-0.1, -0.05) is 0 Å². The second-order valence-corrected chi connectivity index (χ2v) is 3.69. The van der Waals surface area contributed by atoms with Crippen LogP contribution in [0.2, 0.25) is 0 Å². The van der Waals surface area contributed by atoms with Crippen LogP contribution in [0.25, 0.3) is 0 Å². The predicted molar refractivity (Wildman–Crippen MR) is 57.9 cm³/mol. The zero-order chi connectivity index (χ0) is 11.3. The minimum absolute atomic E-state index is 0.0114. The fraction of sp³-hybridized carbons (Fsp3) is 0.750. The zero-order valence-corrected chi connectivity index (χ0v) is 9.34. The standard InChI is InChI=1S/C8H15N3O3S/c1-14-7(13)2-6(12)3-11-4-9-8(15)10-5-11/h6,12H,2-5H2,1H3,(H2,9,10,15). The highest BCUT2D eigenvalue weighted by atomic mass is 32.1. The molecule has 0 aliphatic carbocycles. The van der Waals surface area contributed by atoms with Gasteiger partial charge in [0, 0.05) is 6.54 Å². The third kappa shape index (κ3) is 4.41. The summed E-state index contributed by atoms with van der Waals surface area (Å²) in [4.78, 5) is 12.8. The van der Waals surface area contributed by atoms with Gasteiger partial charge in [0.2, 0.25) is 0 Å². The van der Waals surface area contributed by atoms with Gasteiger partial charge in [0.1, 0.15) is 0 Å². The van der Waals surface area contributed by atoms with Gasteiger partial charge in [-0.15, -0.1) is 0 Å². The second-order valence-electron chi connectivity index (χ2n) is 3.29. The summed E-state index contributed by atoms with van der Waals surface area (Å²) in [6.45, 7) is 1.55. The number of β-amino-alcohol motifs (C(OH)–C–C–N with tert-alkyl or cyclic N) is 1. The number of aliphatic hydroxyl groups is 1. The molecule has 15 heavy (non-hydrogen) atoms. The molecule has 1 unspecified atom stereocenters. The van der Waals surface area contributed by atoms with Crippen LogP contribution < -0.4 is 10.6 Å². The Bertz CT molecular complexity index is 239. The summed E-state index contributed by atoms with van der Waals surface area (Å²) >= 11 is 4.88. The zero-order valence-electron chi connectivity index (χ0n) is 8.52. The lowest BCUT2D eigenvalue weighted by Gasteiger charge is -2.30. The van der Waals surface area contributed by atoms with E-state index in [0.717, 1.165) is 0 Å². The number of nitrogens with zero attached hydrogens (tertiary/aromatic N) is 1. The van der Waals surface area contributed by atoms with Crippen molar-refractivity contribution < 1.29 is 14.6 Å². The Hall–Kier alpha value is -0.920. The van der Waals surface area contributed by atoms with Gasteiger partial charge in [-0.3, -0.25) is 9.69 Å².